The maximum atomic E-state index is 13.5. The summed E-state index contributed by atoms with van der Waals surface area (Å²) >= 11 is 0. The van der Waals surface area contributed by atoms with Crippen LogP contribution in [0.5, 0.6) is 0 Å². The van der Waals surface area contributed by atoms with Gasteiger partial charge in [0.1, 0.15) is 0 Å². The van der Waals surface area contributed by atoms with Crippen molar-refractivity contribution >= 4 is 31.6 Å². The van der Waals surface area contributed by atoms with Crippen molar-refractivity contribution in [3.63, 3.8) is 0 Å². The van der Waals surface area contributed by atoms with Gasteiger partial charge in [-0.15, -0.1) is 0 Å². The standard InChI is InChI=1S/C24H26N2O6S2/c1-3-32-24(20-14-16-21(17-15-20)25-19(2)27)18-26(33(28,29)22-10-6-4-7-11-22)34(30,31)23-12-8-5-9-13-23/h4-17,24H,3,18H2,1-2H3,(H,25,27). The third-order valence-corrected chi connectivity index (χ3v) is 9.19. The molecule has 3 rings (SSSR count). The van der Waals surface area contributed by atoms with Crippen LogP contribution < -0.4 is 5.32 Å². The minimum absolute atomic E-state index is 0.147. The lowest BCUT2D eigenvalue weighted by Crippen LogP contribution is -2.40. The second kappa shape index (κ2) is 10.9. The highest BCUT2D eigenvalue weighted by atomic mass is 32.3. The van der Waals surface area contributed by atoms with Crippen molar-refractivity contribution in [3.05, 3.63) is 90.5 Å². The number of anilines is 1. The molecule has 1 atom stereocenters. The fraction of sp³-hybridized carbons (Fsp3) is 0.208. The van der Waals surface area contributed by atoms with Crippen molar-refractivity contribution in [1.82, 2.24) is 3.71 Å². The highest BCUT2D eigenvalue weighted by Crippen LogP contribution is 2.29. The van der Waals surface area contributed by atoms with Crippen molar-refractivity contribution in [1.29, 1.82) is 0 Å². The zero-order chi connectivity index (χ0) is 24.8. The number of sulfonamides is 2. The molecule has 0 spiro atoms. The van der Waals surface area contributed by atoms with Gasteiger partial charge >= 0.3 is 0 Å². The quantitative estimate of drug-likeness (QED) is 0.452. The number of hydrogen-bond donors (Lipinski definition) is 1. The zero-order valence-electron chi connectivity index (χ0n) is 18.8. The molecule has 34 heavy (non-hydrogen) atoms. The second-order valence-corrected chi connectivity index (χ2v) is 11.3. The second-order valence-electron chi connectivity index (χ2n) is 7.34. The Morgan fingerprint density at radius 3 is 1.71 bits per heavy atom. The van der Waals surface area contributed by atoms with Gasteiger partial charge in [0.2, 0.25) is 5.91 Å². The van der Waals surface area contributed by atoms with Gasteiger partial charge in [-0.05, 0) is 48.9 Å². The number of carbonyl (C=O) groups excluding carboxylic acids is 1. The lowest BCUT2D eigenvalue weighted by Gasteiger charge is -2.27. The Morgan fingerprint density at radius 2 is 1.29 bits per heavy atom. The molecule has 0 heterocycles. The van der Waals surface area contributed by atoms with Gasteiger partial charge in [0.25, 0.3) is 20.0 Å². The van der Waals surface area contributed by atoms with E-state index in [9.17, 15) is 21.6 Å². The minimum atomic E-state index is -4.44. The van der Waals surface area contributed by atoms with Gasteiger partial charge in [0, 0.05) is 19.2 Å². The van der Waals surface area contributed by atoms with E-state index in [1.807, 2.05) is 0 Å². The summed E-state index contributed by atoms with van der Waals surface area (Å²) in [6, 6.07) is 21.4. The number of nitrogens with one attached hydrogen (secondary N) is 1. The summed E-state index contributed by atoms with van der Waals surface area (Å²) in [4.78, 5) is 11.0. The molecule has 8 nitrogen and oxygen atoms in total. The van der Waals surface area contributed by atoms with Crippen LogP contribution in [0, 0.1) is 0 Å². The van der Waals surface area contributed by atoms with Gasteiger partial charge in [-0.2, -0.15) is 0 Å². The molecule has 1 amide bonds. The smallest absolute Gasteiger partial charge is 0.256 e. The van der Waals surface area contributed by atoms with Crippen LogP contribution in [0.25, 0.3) is 0 Å². The van der Waals surface area contributed by atoms with Gasteiger partial charge in [-0.1, -0.05) is 52.2 Å². The summed E-state index contributed by atoms with van der Waals surface area (Å²) in [5, 5.41) is 2.65. The van der Waals surface area contributed by atoms with E-state index < -0.39 is 32.7 Å². The van der Waals surface area contributed by atoms with Crippen LogP contribution in [0.4, 0.5) is 5.69 Å². The van der Waals surface area contributed by atoms with Gasteiger partial charge in [0.15, 0.2) is 0 Å². The van der Waals surface area contributed by atoms with Crippen LogP contribution in [0.1, 0.15) is 25.5 Å². The largest absolute Gasteiger partial charge is 0.372 e. The van der Waals surface area contributed by atoms with E-state index in [1.54, 1.807) is 43.3 Å². The third-order valence-electron chi connectivity index (χ3n) is 4.90. The van der Waals surface area contributed by atoms with E-state index in [4.69, 9.17) is 4.74 Å². The first-order chi connectivity index (χ1) is 16.2. The molecule has 0 aliphatic heterocycles. The average molecular weight is 503 g/mol. The van der Waals surface area contributed by atoms with Crippen LogP contribution in [0.2, 0.25) is 0 Å². The summed E-state index contributed by atoms with van der Waals surface area (Å²) in [5.41, 5.74) is 1.12. The average Bonchev–Trinajstić information content (AvgIpc) is 2.83. The molecule has 0 fully saturated rings. The topological polar surface area (TPSA) is 110 Å². The maximum Gasteiger partial charge on any atom is 0.256 e. The van der Waals surface area contributed by atoms with Crippen LogP contribution >= 0.6 is 0 Å². The molecular weight excluding hydrogens is 476 g/mol. The summed E-state index contributed by atoms with van der Waals surface area (Å²) in [5.74, 6) is -0.233. The Morgan fingerprint density at radius 1 is 0.824 bits per heavy atom. The molecule has 1 N–H and O–H groups in total. The Labute approximate surface area is 200 Å². The van der Waals surface area contributed by atoms with Gasteiger partial charge in [-0.3, -0.25) is 4.79 Å². The number of carbonyl (C=O) groups is 1. The lowest BCUT2D eigenvalue weighted by atomic mass is 10.1. The maximum absolute atomic E-state index is 13.5. The summed E-state index contributed by atoms with van der Waals surface area (Å²) in [7, 11) is -8.89. The summed E-state index contributed by atoms with van der Waals surface area (Å²) in [6.07, 6.45) is -0.881. The number of hydrogen-bond acceptors (Lipinski definition) is 6. The Hall–Kier alpha value is -3.05. The molecule has 0 aliphatic rings. The SMILES string of the molecule is CCOC(CN(S(=O)(=O)c1ccccc1)S(=O)(=O)c1ccccc1)c1ccc(NC(C)=O)cc1. The molecule has 3 aromatic carbocycles. The highest BCUT2D eigenvalue weighted by molar-refractivity contribution is 8.04. The molecule has 0 radical (unpaired) electrons. The highest BCUT2D eigenvalue weighted by Gasteiger charge is 2.38. The number of amides is 1. The van der Waals surface area contributed by atoms with Gasteiger partial charge in [0.05, 0.1) is 22.4 Å². The third kappa shape index (κ3) is 5.89. The first-order valence-corrected chi connectivity index (χ1v) is 13.4. The van der Waals surface area contributed by atoms with E-state index >= 15 is 0 Å². The molecule has 10 heteroatoms. The molecule has 0 saturated heterocycles. The van der Waals surface area contributed by atoms with Crippen molar-refractivity contribution in [2.24, 2.45) is 0 Å². The fourth-order valence-electron chi connectivity index (χ4n) is 3.32. The van der Waals surface area contributed by atoms with Crippen molar-refractivity contribution < 1.29 is 26.4 Å². The number of rotatable bonds is 10. The van der Waals surface area contributed by atoms with E-state index in [2.05, 4.69) is 5.32 Å². The Balaban J connectivity index is 2.07. The normalized spacial score (nSPS) is 12.9. The molecule has 0 bridgehead atoms. The predicted molar refractivity (Wildman–Crippen MR) is 129 cm³/mol. The van der Waals surface area contributed by atoms with Crippen LogP contribution in [0.3, 0.4) is 0 Å². The number of ether oxygens (including phenoxy) is 1. The molecular formula is C24H26N2O6S2. The van der Waals surface area contributed by atoms with Crippen molar-refractivity contribution in [3.8, 4) is 0 Å². The lowest BCUT2D eigenvalue weighted by molar-refractivity contribution is -0.114. The van der Waals surface area contributed by atoms with Crippen molar-refractivity contribution in [2.45, 2.75) is 29.7 Å². The van der Waals surface area contributed by atoms with E-state index in [1.165, 1.54) is 55.5 Å². The molecule has 0 saturated carbocycles. The molecule has 3 aromatic rings. The zero-order valence-corrected chi connectivity index (χ0v) is 20.4. The number of nitrogens with zero attached hydrogens (tertiary/aromatic N) is 1. The van der Waals surface area contributed by atoms with Crippen molar-refractivity contribution in [2.75, 3.05) is 18.5 Å². The molecule has 1 unspecified atom stereocenters. The molecule has 0 aliphatic carbocycles. The predicted octanol–water partition coefficient (Wildman–Crippen LogP) is 3.80. The molecule has 180 valence electrons. The summed E-state index contributed by atoms with van der Waals surface area (Å²) < 4.78 is 60.4. The number of benzene rings is 3. The first kappa shape index (κ1) is 25.6. The van der Waals surface area contributed by atoms with Crippen LogP contribution in [-0.2, 0) is 29.6 Å². The van der Waals surface area contributed by atoms with E-state index in [0.717, 1.165) is 0 Å². The first-order valence-electron chi connectivity index (χ1n) is 10.5. The van der Waals surface area contributed by atoms with Crippen LogP contribution in [0.15, 0.2) is 94.7 Å². The monoisotopic (exact) mass is 502 g/mol. The fourth-order valence-corrected chi connectivity index (χ4v) is 7.01. The van der Waals surface area contributed by atoms with Gasteiger partial charge in [-0.25, -0.2) is 16.8 Å². The summed E-state index contributed by atoms with van der Waals surface area (Å²) in [6.45, 7) is 2.88. The van der Waals surface area contributed by atoms with E-state index in [-0.39, 0.29) is 22.3 Å². The Bertz CT molecular complexity index is 1240. The molecule has 0 aromatic heterocycles. The van der Waals surface area contributed by atoms with E-state index in [0.29, 0.717) is 15.0 Å². The minimum Gasteiger partial charge on any atom is -0.372 e. The van der Waals surface area contributed by atoms with Crippen LogP contribution in [-0.4, -0.2) is 39.6 Å². The Kier molecular flexibility index (Phi) is 8.21. The van der Waals surface area contributed by atoms with Gasteiger partial charge < -0.3 is 10.1 Å².